The smallest absolute Gasteiger partial charge is 0.253 e. The van der Waals surface area contributed by atoms with E-state index in [9.17, 15) is 9.59 Å². The van der Waals surface area contributed by atoms with Crippen LogP contribution in [0.3, 0.4) is 0 Å². The van der Waals surface area contributed by atoms with Crippen LogP contribution in [0.1, 0.15) is 34.3 Å². The third-order valence-corrected chi connectivity index (χ3v) is 4.61. The fourth-order valence-corrected chi connectivity index (χ4v) is 3.14. The summed E-state index contributed by atoms with van der Waals surface area (Å²) in [6.07, 6.45) is 4.88. The van der Waals surface area contributed by atoms with Crippen LogP contribution in [0.25, 0.3) is 0 Å². The number of carbonyl (C=O) groups is 2. The molecule has 25 heavy (non-hydrogen) atoms. The Bertz CT molecular complexity index is 738. The standard InChI is InChI=1S/C20H23N3O2/c1-15-4-2-6-18(12-15)20(25)23-10-7-17(8-11-23)19(24)22-14-16-5-3-9-21-13-16/h2-6,9,12-13,17H,7-8,10-11,14H2,1H3,(H,22,24). The molecule has 2 heterocycles. The molecule has 0 bridgehead atoms. The van der Waals surface area contributed by atoms with Crippen molar-refractivity contribution in [2.45, 2.75) is 26.3 Å². The number of hydrogen-bond donors (Lipinski definition) is 1. The van der Waals surface area contributed by atoms with E-state index in [0.717, 1.165) is 16.7 Å². The number of rotatable bonds is 4. The topological polar surface area (TPSA) is 62.3 Å². The molecule has 2 amide bonds. The lowest BCUT2D eigenvalue weighted by Crippen LogP contribution is -2.42. The second-order valence-electron chi connectivity index (χ2n) is 6.52. The van der Waals surface area contributed by atoms with Gasteiger partial charge in [0.2, 0.25) is 5.91 Å². The zero-order valence-corrected chi connectivity index (χ0v) is 14.4. The highest BCUT2D eigenvalue weighted by molar-refractivity contribution is 5.94. The van der Waals surface area contributed by atoms with E-state index in [4.69, 9.17) is 0 Å². The van der Waals surface area contributed by atoms with Crippen molar-refractivity contribution in [3.05, 3.63) is 65.5 Å². The molecular weight excluding hydrogens is 314 g/mol. The van der Waals surface area contributed by atoms with Crippen molar-refractivity contribution in [3.8, 4) is 0 Å². The van der Waals surface area contributed by atoms with Gasteiger partial charge in [0.25, 0.3) is 5.91 Å². The minimum Gasteiger partial charge on any atom is -0.352 e. The van der Waals surface area contributed by atoms with Gasteiger partial charge in [-0.25, -0.2) is 0 Å². The molecule has 1 aliphatic rings. The first-order valence-corrected chi connectivity index (χ1v) is 8.66. The number of nitrogens with zero attached hydrogens (tertiary/aromatic N) is 2. The zero-order valence-electron chi connectivity index (χ0n) is 14.4. The van der Waals surface area contributed by atoms with Crippen molar-refractivity contribution >= 4 is 11.8 Å². The number of carbonyl (C=O) groups excluding carboxylic acids is 2. The molecule has 0 atom stereocenters. The van der Waals surface area contributed by atoms with E-state index in [1.54, 1.807) is 12.4 Å². The Labute approximate surface area is 148 Å². The van der Waals surface area contributed by atoms with E-state index >= 15 is 0 Å². The molecule has 3 rings (SSSR count). The summed E-state index contributed by atoms with van der Waals surface area (Å²) in [6, 6.07) is 11.4. The first-order valence-electron chi connectivity index (χ1n) is 8.66. The lowest BCUT2D eigenvalue weighted by atomic mass is 9.95. The molecule has 1 N–H and O–H groups in total. The van der Waals surface area contributed by atoms with Gasteiger partial charge in [-0.15, -0.1) is 0 Å². The molecule has 0 aliphatic carbocycles. The van der Waals surface area contributed by atoms with Gasteiger partial charge in [-0.05, 0) is 43.5 Å². The maximum atomic E-state index is 12.6. The fourth-order valence-electron chi connectivity index (χ4n) is 3.14. The number of pyridine rings is 1. The minimum absolute atomic E-state index is 0.0294. The highest BCUT2D eigenvalue weighted by Gasteiger charge is 2.27. The van der Waals surface area contributed by atoms with Crippen LogP contribution in [0.2, 0.25) is 0 Å². The first kappa shape index (κ1) is 17.1. The number of amides is 2. The van der Waals surface area contributed by atoms with Crippen LogP contribution in [-0.4, -0.2) is 34.8 Å². The molecule has 1 saturated heterocycles. The molecule has 5 nitrogen and oxygen atoms in total. The van der Waals surface area contributed by atoms with E-state index in [1.165, 1.54) is 0 Å². The number of aryl methyl sites for hydroxylation is 1. The van der Waals surface area contributed by atoms with Crippen molar-refractivity contribution in [1.82, 2.24) is 15.2 Å². The zero-order chi connectivity index (χ0) is 17.6. The molecular formula is C20H23N3O2. The van der Waals surface area contributed by atoms with Gasteiger partial charge in [-0.2, -0.15) is 0 Å². The summed E-state index contributed by atoms with van der Waals surface area (Å²) in [5.41, 5.74) is 2.79. The van der Waals surface area contributed by atoms with Gasteiger partial charge in [-0.1, -0.05) is 23.8 Å². The molecule has 0 unspecified atom stereocenters. The normalized spacial score (nSPS) is 15.0. The number of aromatic nitrogens is 1. The quantitative estimate of drug-likeness (QED) is 0.933. The van der Waals surface area contributed by atoms with Crippen molar-refractivity contribution in [2.75, 3.05) is 13.1 Å². The summed E-state index contributed by atoms with van der Waals surface area (Å²) < 4.78 is 0. The number of benzene rings is 1. The van der Waals surface area contributed by atoms with Crippen molar-refractivity contribution < 1.29 is 9.59 Å². The molecule has 0 spiro atoms. The van der Waals surface area contributed by atoms with Crippen LogP contribution < -0.4 is 5.32 Å². The van der Waals surface area contributed by atoms with Crippen molar-refractivity contribution in [3.63, 3.8) is 0 Å². The molecule has 130 valence electrons. The second-order valence-corrected chi connectivity index (χ2v) is 6.52. The van der Waals surface area contributed by atoms with Gasteiger partial charge < -0.3 is 10.2 Å². The number of nitrogens with one attached hydrogen (secondary N) is 1. The van der Waals surface area contributed by atoms with E-state index < -0.39 is 0 Å². The molecule has 2 aromatic rings. The van der Waals surface area contributed by atoms with Crippen molar-refractivity contribution in [1.29, 1.82) is 0 Å². The van der Waals surface area contributed by atoms with Gasteiger partial charge in [-0.3, -0.25) is 14.6 Å². The molecule has 1 aromatic heterocycles. The van der Waals surface area contributed by atoms with Crippen LogP contribution in [0, 0.1) is 12.8 Å². The summed E-state index contributed by atoms with van der Waals surface area (Å²) in [5.74, 6) is 0.0858. The van der Waals surface area contributed by atoms with Gasteiger partial charge in [0, 0.05) is 43.5 Å². The Hall–Kier alpha value is -2.69. The summed E-state index contributed by atoms with van der Waals surface area (Å²) in [7, 11) is 0. The SMILES string of the molecule is Cc1cccc(C(=O)N2CCC(C(=O)NCc3cccnc3)CC2)c1. The first-order chi connectivity index (χ1) is 12.1. The van der Waals surface area contributed by atoms with E-state index in [2.05, 4.69) is 10.3 Å². The Balaban J connectivity index is 1.49. The summed E-state index contributed by atoms with van der Waals surface area (Å²) in [4.78, 5) is 30.8. The lowest BCUT2D eigenvalue weighted by Gasteiger charge is -2.31. The molecule has 1 fully saturated rings. The highest BCUT2D eigenvalue weighted by Crippen LogP contribution is 2.20. The lowest BCUT2D eigenvalue weighted by molar-refractivity contribution is -0.126. The van der Waals surface area contributed by atoms with Gasteiger partial charge in [0.15, 0.2) is 0 Å². The fraction of sp³-hybridized carbons (Fsp3) is 0.350. The Morgan fingerprint density at radius 2 is 2.00 bits per heavy atom. The third-order valence-electron chi connectivity index (χ3n) is 4.61. The molecule has 0 saturated carbocycles. The van der Waals surface area contributed by atoms with E-state index in [0.29, 0.717) is 32.5 Å². The maximum absolute atomic E-state index is 12.6. The van der Waals surface area contributed by atoms with E-state index in [1.807, 2.05) is 48.2 Å². The maximum Gasteiger partial charge on any atom is 0.253 e. The molecule has 5 heteroatoms. The van der Waals surface area contributed by atoms with E-state index in [-0.39, 0.29) is 17.7 Å². The predicted molar refractivity (Wildman–Crippen MR) is 95.9 cm³/mol. The Morgan fingerprint density at radius 1 is 1.20 bits per heavy atom. The minimum atomic E-state index is -0.0294. The van der Waals surface area contributed by atoms with Crippen LogP contribution in [-0.2, 0) is 11.3 Å². The largest absolute Gasteiger partial charge is 0.352 e. The molecule has 0 radical (unpaired) electrons. The average Bonchev–Trinajstić information content (AvgIpc) is 2.66. The second kappa shape index (κ2) is 7.92. The summed E-state index contributed by atoms with van der Waals surface area (Å²) in [5, 5.41) is 2.97. The average molecular weight is 337 g/mol. The number of piperidine rings is 1. The third kappa shape index (κ3) is 4.44. The van der Waals surface area contributed by atoms with Gasteiger partial charge in [0.05, 0.1) is 0 Å². The number of likely N-dealkylation sites (tertiary alicyclic amines) is 1. The van der Waals surface area contributed by atoms with Gasteiger partial charge in [0.1, 0.15) is 0 Å². The highest BCUT2D eigenvalue weighted by atomic mass is 16.2. The summed E-state index contributed by atoms with van der Waals surface area (Å²) in [6.45, 7) is 3.72. The number of hydrogen-bond acceptors (Lipinski definition) is 3. The van der Waals surface area contributed by atoms with Crippen LogP contribution in [0.15, 0.2) is 48.8 Å². The van der Waals surface area contributed by atoms with Gasteiger partial charge >= 0.3 is 0 Å². The predicted octanol–water partition coefficient (Wildman–Crippen LogP) is 2.56. The van der Waals surface area contributed by atoms with Crippen LogP contribution in [0.5, 0.6) is 0 Å². The van der Waals surface area contributed by atoms with Crippen LogP contribution >= 0.6 is 0 Å². The Kier molecular flexibility index (Phi) is 5.43. The molecule has 1 aliphatic heterocycles. The molecule has 1 aromatic carbocycles. The summed E-state index contributed by atoms with van der Waals surface area (Å²) >= 11 is 0. The Morgan fingerprint density at radius 3 is 2.68 bits per heavy atom. The van der Waals surface area contributed by atoms with Crippen molar-refractivity contribution in [2.24, 2.45) is 5.92 Å². The monoisotopic (exact) mass is 337 g/mol. The van der Waals surface area contributed by atoms with Crippen LogP contribution in [0.4, 0.5) is 0 Å².